The first-order valence-electron chi connectivity index (χ1n) is 8.38. The Morgan fingerprint density at radius 2 is 2.07 bits per heavy atom. The van der Waals surface area contributed by atoms with E-state index in [4.69, 9.17) is 16.3 Å². The van der Waals surface area contributed by atoms with Crippen molar-refractivity contribution in [2.24, 2.45) is 13.0 Å². The molecule has 0 fully saturated rings. The summed E-state index contributed by atoms with van der Waals surface area (Å²) in [5.41, 5.74) is 0.630. The molecule has 2 heterocycles. The summed E-state index contributed by atoms with van der Waals surface area (Å²) < 4.78 is 34.5. The van der Waals surface area contributed by atoms with E-state index in [0.29, 0.717) is 11.3 Å². The zero-order valence-electron chi connectivity index (χ0n) is 15.6. The third-order valence-electron chi connectivity index (χ3n) is 4.28. The Hall–Kier alpha value is -2.59. The first-order chi connectivity index (χ1) is 13.0. The van der Waals surface area contributed by atoms with Crippen LogP contribution in [0.3, 0.4) is 0 Å². The summed E-state index contributed by atoms with van der Waals surface area (Å²) >= 11 is 5.90. The van der Waals surface area contributed by atoms with Crippen LogP contribution in [0.2, 0.25) is 5.02 Å². The molecule has 2 amide bonds. The average Bonchev–Trinajstić information content (AvgIpc) is 2.91. The van der Waals surface area contributed by atoms with Crippen LogP contribution in [0.25, 0.3) is 0 Å². The Morgan fingerprint density at radius 1 is 1.39 bits per heavy atom. The van der Waals surface area contributed by atoms with Crippen molar-refractivity contribution >= 4 is 39.1 Å². The van der Waals surface area contributed by atoms with Crippen LogP contribution in [0.5, 0.6) is 5.75 Å². The zero-order valence-corrected chi connectivity index (χ0v) is 17.2. The highest BCUT2D eigenvalue weighted by Crippen LogP contribution is 2.35. The highest BCUT2D eigenvalue weighted by atomic mass is 35.5. The lowest BCUT2D eigenvalue weighted by Gasteiger charge is -2.29. The molecule has 28 heavy (non-hydrogen) atoms. The van der Waals surface area contributed by atoms with Crippen molar-refractivity contribution in [2.45, 2.75) is 31.8 Å². The van der Waals surface area contributed by atoms with Gasteiger partial charge in [-0.25, -0.2) is 13.1 Å². The summed E-state index contributed by atoms with van der Waals surface area (Å²) in [6.07, 6.45) is 0.504. The highest BCUT2D eigenvalue weighted by molar-refractivity contribution is 7.90. The van der Waals surface area contributed by atoms with Crippen molar-refractivity contribution in [1.82, 2.24) is 14.5 Å². The van der Waals surface area contributed by atoms with Gasteiger partial charge in [0.2, 0.25) is 0 Å². The van der Waals surface area contributed by atoms with Gasteiger partial charge < -0.3 is 10.1 Å². The molecule has 11 heteroatoms. The Bertz CT molecular complexity index is 1060. The van der Waals surface area contributed by atoms with Crippen LogP contribution in [0, 0.1) is 12.8 Å². The first-order valence-corrected chi connectivity index (χ1v) is 10.2. The minimum atomic E-state index is -4.23. The number of carbonyl (C=O) groups excluding carboxylic acids is 2. The number of fused-ring (bicyclic) bond motifs is 1. The lowest BCUT2D eigenvalue weighted by molar-refractivity contribution is -0.125. The fraction of sp³-hybridized carbons (Fsp3) is 0.353. The van der Waals surface area contributed by atoms with Gasteiger partial charge in [-0.1, -0.05) is 25.4 Å². The molecule has 3 rings (SSSR count). The molecule has 0 radical (unpaired) electrons. The van der Waals surface area contributed by atoms with Crippen LogP contribution >= 0.6 is 11.6 Å². The number of nitrogens with zero attached hydrogens (tertiary/aromatic N) is 2. The number of aromatic nitrogens is 2. The molecule has 1 aromatic carbocycles. The van der Waals surface area contributed by atoms with Gasteiger partial charge in [0.25, 0.3) is 21.8 Å². The quantitative estimate of drug-likeness (QED) is 0.770. The number of halogens is 1. The molecule has 0 saturated carbocycles. The summed E-state index contributed by atoms with van der Waals surface area (Å²) in [7, 11) is -2.75. The molecule has 2 aromatic rings. The Balaban J connectivity index is 1.96. The summed E-state index contributed by atoms with van der Waals surface area (Å²) in [4.78, 5) is 24.4. The van der Waals surface area contributed by atoms with E-state index in [2.05, 4.69) is 10.4 Å². The minimum Gasteiger partial charge on any atom is -0.478 e. The van der Waals surface area contributed by atoms with E-state index in [1.54, 1.807) is 6.92 Å². The van der Waals surface area contributed by atoms with Gasteiger partial charge in [-0.3, -0.25) is 14.3 Å². The van der Waals surface area contributed by atoms with Gasteiger partial charge in [0.05, 0.1) is 21.8 Å². The Kier molecular flexibility index (Phi) is 5.11. The second-order valence-electron chi connectivity index (χ2n) is 6.78. The lowest BCUT2D eigenvalue weighted by atomic mass is 10.0. The van der Waals surface area contributed by atoms with E-state index in [-0.39, 0.29) is 33.2 Å². The van der Waals surface area contributed by atoms with E-state index >= 15 is 0 Å². The molecule has 0 aliphatic carbocycles. The van der Waals surface area contributed by atoms with Gasteiger partial charge in [0.1, 0.15) is 11.4 Å². The highest BCUT2D eigenvalue weighted by Gasteiger charge is 2.32. The van der Waals surface area contributed by atoms with Crippen molar-refractivity contribution in [1.29, 1.82) is 0 Å². The summed E-state index contributed by atoms with van der Waals surface area (Å²) in [6.45, 7) is 5.19. The summed E-state index contributed by atoms with van der Waals surface area (Å²) in [6, 6.07) is 2.78. The number of hydrogen-bond donors (Lipinski definition) is 2. The Morgan fingerprint density at radius 3 is 2.64 bits per heavy atom. The fourth-order valence-corrected chi connectivity index (χ4v) is 4.33. The number of carbonyl (C=O) groups is 2. The van der Waals surface area contributed by atoms with Crippen LogP contribution < -0.4 is 14.8 Å². The lowest BCUT2D eigenvalue weighted by Crippen LogP contribution is -2.40. The smallest absolute Gasteiger partial charge is 0.284 e. The molecule has 1 aliphatic heterocycles. The monoisotopic (exact) mass is 426 g/mol. The molecule has 150 valence electrons. The van der Waals surface area contributed by atoms with Crippen LogP contribution in [0.1, 0.15) is 29.9 Å². The van der Waals surface area contributed by atoms with Crippen LogP contribution in [-0.4, -0.2) is 36.1 Å². The van der Waals surface area contributed by atoms with Crippen molar-refractivity contribution in [3.05, 3.63) is 34.6 Å². The number of benzene rings is 1. The molecule has 1 aliphatic rings. The van der Waals surface area contributed by atoms with Crippen molar-refractivity contribution in [3.8, 4) is 5.75 Å². The summed E-state index contributed by atoms with van der Waals surface area (Å²) in [5.74, 6) is -1.09. The number of amides is 2. The maximum absolute atomic E-state index is 12.8. The fourth-order valence-electron chi connectivity index (χ4n) is 2.88. The van der Waals surface area contributed by atoms with Crippen molar-refractivity contribution in [3.63, 3.8) is 0 Å². The predicted molar refractivity (Wildman–Crippen MR) is 102 cm³/mol. The van der Waals surface area contributed by atoms with Crippen LogP contribution in [0.4, 0.5) is 5.69 Å². The number of anilines is 1. The second-order valence-corrected chi connectivity index (χ2v) is 8.84. The average molecular weight is 427 g/mol. The summed E-state index contributed by atoms with van der Waals surface area (Å²) in [5, 5.41) is 6.56. The van der Waals surface area contributed by atoms with E-state index < -0.39 is 22.0 Å². The molecule has 2 N–H and O–H groups in total. The van der Waals surface area contributed by atoms with Crippen molar-refractivity contribution in [2.75, 3.05) is 5.32 Å². The number of hydrogen-bond acceptors (Lipinski definition) is 6. The molecular formula is C17H19ClN4O5S. The molecule has 9 nitrogen and oxygen atoms in total. The number of rotatable bonds is 4. The van der Waals surface area contributed by atoms with Gasteiger partial charge in [-0.2, -0.15) is 5.10 Å². The molecule has 1 unspecified atom stereocenters. The van der Waals surface area contributed by atoms with Gasteiger partial charge in [0.15, 0.2) is 6.10 Å². The topological polar surface area (TPSA) is 119 Å². The van der Waals surface area contributed by atoms with E-state index in [1.807, 2.05) is 18.6 Å². The SMILES string of the molecule is Cc1cc2c(cc1S(=O)(=O)NC(=O)c1c(Cl)cnn1C)OC(C(C)C)C(=O)N2. The zero-order chi connectivity index (χ0) is 20.8. The number of nitrogens with one attached hydrogen (secondary N) is 2. The van der Waals surface area contributed by atoms with Crippen molar-refractivity contribution < 1.29 is 22.7 Å². The minimum absolute atomic E-state index is 0.0307. The molecule has 1 atom stereocenters. The van der Waals surface area contributed by atoms with Gasteiger partial charge in [-0.05, 0) is 24.5 Å². The second kappa shape index (κ2) is 7.10. The van der Waals surface area contributed by atoms with E-state index in [1.165, 1.54) is 30.1 Å². The predicted octanol–water partition coefficient (Wildman–Crippen LogP) is 1.86. The third kappa shape index (κ3) is 3.57. The molecule has 1 aromatic heterocycles. The number of ether oxygens (including phenoxy) is 1. The normalized spacial score (nSPS) is 16.4. The maximum Gasteiger partial charge on any atom is 0.284 e. The molecular weight excluding hydrogens is 408 g/mol. The van der Waals surface area contributed by atoms with Crippen LogP contribution in [0.15, 0.2) is 23.2 Å². The van der Waals surface area contributed by atoms with Gasteiger partial charge in [-0.15, -0.1) is 0 Å². The largest absolute Gasteiger partial charge is 0.478 e. The van der Waals surface area contributed by atoms with Gasteiger partial charge in [0, 0.05) is 13.1 Å². The Labute approximate surface area is 167 Å². The van der Waals surface area contributed by atoms with E-state index in [0.717, 1.165) is 0 Å². The van der Waals surface area contributed by atoms with Crippen LogP contribution in [-0.2, 0) is 21.9 Å². The standard InChI is InChI=1S/C17H19ClN4O5S/c1-8(2)15-17(24)20-11-5-9(3)13(6-12(11)27-15)28(25,26)21-16(23)14-10(18)7-19-22(14)4/h5-8,15H,1-4H3,(H,20,24)(H,21,23). The molecule has 0 saturated heterocycles. The third-order valence-corrected chi connectivity index (χ3v) is 6.03. The maximum atomic E-state index is 12.8. The molecule has 0 bridgehead atoms. The molecule has 0 spiro atoms. The van der Waals surface area contributed by atoms with Gasteiger partial charge >= 0.3 is 0 Å². The first kappa shape index (κ1) is 20.2. The number of sulfonamides is 1. The number of aryl methyl sites for hydroxylation is 2. The van der Waals surface area contributed by atoms with E-state index in [9.17, 15) is 18.0 Å².